The summed E-state index contributed by atoms with van der Waals surface area (Å²) in [7, 11) is 0. The largest absolute Gasteiger partial charge is 0.367 e. The highest BCUT2D eigenvalue weighted by molar-refractivity contribution is 5.61. The molecule has 1 saturated carbocycles. The van der Waals surface area contributed by atoms with E-state index < -0.39 is 0 Å². The van der Waals surface area contributed by atoms with Crippen molar-refractivity contribution in [3.63, 3.8) is 0 Å². The average Bonchev–Trinajstić information content (AvgIpc) is 3.00. The average molecular weight is 269 g/mol. The Bertz CT molecular complexity index is 564. The van der Waals surface area contributed by atoms with E-state index in [-0.39, 0.29) is 0 Å². The summed E-state index contributed by atoms with van der Waals surface area (Å²) in [5.74, 6) is 7.64. The molecule has 0 spiro atoms. The summed E-state index contributed by atoms with van der Waals surface area (Å²) in [5, 5.41) is 3.48. The first-order valence-corrected chi connectivity index (χ1v) is 7.03. The van der Waals surface area contributed by atoms with Gasteiger partial charge in [-0.3, -0.25) is 0 Å². The van der Waals surface area contributed by atoms with E-state index in [0.717, 1.165) is 11.4 Å². The monoisotopic (exact) mass is 269 g/mol. The molecule has 0 unspecified atom stereocenters. The van der Waals surface area contributed by atoms with Crippen molar-refractivity contribution in [3.05, 3.63) is 36.4 Å². The number of benzene rings is 1. The van der Waals surface area contributed by atoms with E-state index in [1.165, 1.54) is 25.7 Å². The second-order valence-electron chi connectivity index (χ2n) is 5.10. The number of rotatable bonds is 4. The van der Waals surface area contributed by atoms with Crippen LogP contribution in [-0.4, -0.2) is 16.0 Å². The lowest BCUT2D eigenvalue weighted by Crippen LogP contribution is -2.17. The first-order chi connectivity index (χ1) is 9.85. The second-order valence-corrected chi connectivity index (χ2v) is 5.10. The van der Waals surface area contributed by atoms with Crippen LogP contribution in [0.25, 0.3) is 11.4 Å². The van der Waals surface area contributed by atoms with E-state index in [1.54, 1.807) is 0 Å². The van der Waals surface area contributed by atoms with Crippen LogP contribution in [0.2, 0.25) is 0 Å². The highest BCUT2D eigenvalue weighted by Crippen LogP contribution is 2.24. The number of hydrogen-bond acceptors (Lipinski definition) is 5. The molecule has 2 aromatic rings. The van der Waals surface area contributed by atoms with Crippen LogP contribution in [0.1, 0.15) is 25.7 Å². The summed E-state index contributed by atoms with van der Waals surface area (Å²) < 4.78 is 0. The Kier molecular flexibility index (Phi) is 3.78. The van der Waals surface area contributed by atoms with Crippen LogP contribution in [0.4, 0.5) is 11.6 Å². The number of nitrogens with zero attached hydrogens (tertiary/aromatic N) is 2. The van der Waals surface area contributed by atoms with E-state index in [1.807, 2.05) is 36.4 Å². The van der Waals surface area contributed by atoms with Gasteiger partial charge in [0.2, 0.25) is 0 Å². The van der Waals surface area contributed by atoms with Crippen LogP contribution in [0.3, 0.4) is 0 Å². The minimum atomic E-state index is 0.513. The van der Waals surface area contributed by atoms with E-state index in [0.29, 0.717) is 17.7 Å². The molecule has 1 aromatic heterocycles. The normalized spacial score (nSPS) is 15.2. The Morgan fingerprint density at radius 2 is 1.70 bits per heavy atom. The molecule has 0 saturated heterocycles. The summed E-state index contributed by atoms with van der Waals surface area (Å²) in [6.07, 6.45) is 4.98. The molecule has 1 fully saturated rings. The number of aromatic nitrogens is 2. The Hall–Kier alpha value is -2.14. The Balaban J connectivity index is 1.90. The van der Waals surface area contributed by atoms with Gasteiger partial charge >= 0.3 is 0 Å². The SMILES string of the molecule is NNc1cc(NC2CCCC2)nc(-c2ccccc2)n1. The third-order valence-electron chi connectivity index (χ3n) is 3.61. The molecule has 0 bridgehead atoms. The number of hydrogen-bond donors (Lipinski definition) is 3. The van der Waals surface area contributed by atoms with Crippen LogP contribution >= 0.6 is 0 Å². The summed E-state index contributed by atoms with van der Waals surface area (Å²) >= 11 is 0. The van der Waals surface area contributed by atoms with Crippen molar-refractivity contribution in [1.82, 2.24) is 9.97 Å². The Labute approximate surface area is 118 Å². The van der Waals surface area contributed by atoms with Crippen LogP contribution in [0.5, 0.6) is 0 Å². The zero-order chi connectivity index (χ0) is 13.8. The van der Waals surface area contributed by atoms with Gasteiger partial charge in [-0.15, -0.1) is 0 Å². The fourth-order valence-corrected chi connectivity index (χ4v) is 2.59. The van der Waals surface area contributed by atoms with Crippen LogP contribution < -0.4 is 16.6 Å². The molecule has 0 radical (unpaired) electrons. The molecule has 3 rings (SSSR count). The zero-order valence-electron chi connectivity index (χ0n) is 11.3. The lowest BCUT2D eigenvalue weighted by atomic mass is 10.2. The van der Waals surface area contributed by atoms with Gasteiger partial charge < -0.3 is 10.7 Å². The predicted octanol–water partition coefficient (Wildman–Crippen LogP) is 2.78. The van der Waals surface area contributed by atoms with Crippen molar-refractivity contribution in [2.24, 2.45) is 5.84 Å². The van der Waals surface area contributed by atoms with Crippen molar-refractivity contribution in [3.8, 4) is 11.4 Å². The van der Waals surface area contributed by atoms with Crippen LogP contribution in [-0.2, 0) is 0 Å². The number of hydrazine groups is 1. The van der Waals surface area contributed by atoms with Crippen molar-refractivity contribution in [2.45, 2.75) is 31.7 Å². The second kappa shape index (κ2) is 5.88. The molecule has 1 aromatic carbocycles. The molecule has 5 nitrogen and oxygen atoms in total. The number of anilines is 2. The quantitative estimate of drug-likeness (QED) is 0.588. The third-order valence-corrected chi connectivity index (χ3v) is 3.61. The fourth-order valence-electron chi connectivity index (χ4n) is 2.59. The molecule has 0 aliphatic heterocycles. The van der Waals surface area contributed by atoms with Gasteiger partial charge in [-0.2, -0.15) is 0 Å². The summed E-state index contributed by atoms with van der Waals surface area (Å²) in [4.78, 5) is 9.01. The highest BCUT2D eigenvalue weighted by atomic mass is 15.3. The van der Waals surface area contributed by atoms with Gasteiger partial charge in [0.15, 0.2) is 5.82 Å². The molecule has 20 heavy (non-hydrogen) atoms. The van der Waals surface area contributed by atoms with Gasteiger partial charge in [-0.1, -0.05) is 43.2 Å². The highest BCUT2D eigenvalue weighted by Gasteiger charge is 2.16. The van der Waals surface area contributed by atoms with Gasteiger partial charge in [0.1, 0.15) is 11.6 Å². The van der Waals surface area contributed by atoms with Gasteiger partial charge in [-0.05, 0) is 12.8 Å². The minimum Gasteiger partial charge on any atom is -0.367 e. The smallest absolute Gasteiger partial charge is 0.163 e. The van der Waals surface area contributed by atoms with Crippen molar-refractivity contribution in [2.75, 3.05) is 10.7 Å². The first-order valence-electron chi connectivity index (χ1n) is 7.03. The van der Waals surface area contributed by atoms with Crippen LogP contribution in [0, 0.1) is 0 Å². The van der Waals surface area contributed by atoms with Gasteiger partial charge in [0, 0.05) is 17.7 Å². The van der Waals surface area contributed by atoms with Gasteiger partial charge in [-0.25, -0.2) is 15.8 Å². The van der Waals surface area contributed by atoms with E-state index >= 15 is 0 Å². The maximum absolute atomic E-state index is 5.51. The van der Waals surface area contributed by atoms with Crippen molar-refractivity contribution >= 4 is 11.6 Å². The molecule has 1 aliphatic rings. The Morgan fingerprint density at radius 1 is 1.00 bits per heavy atom. The molecule has 0 amide bonds. The van der Waals surface area contributed by atoms with Crippen molar-refractivity contribution in [1.29, 1.82) is 0 Å². The lowest BCUT2D eigenvalue weighted by molar-refractivity contribution is 0.750. The molecule has 5 heteroatoms. The van der Waals surface area contributed by atoms with E-state index in [2.05, 4.69) is 20.7 Å². The maximum Gasteiger partial charge on any atom is 0.163 e. The lowest BCUT2D eigenvalue weighted by Gasteiger charge is -2.14. The Morgan fingerprint density at radius 3 is 2.40 bits per heavy atom. The maximum atomic E-state index is 5.51. The van der Waals surface area contributed by atoms with Gasteiger partial charge in [0.25, 0.3) is 0 Å². The summed E-state index contributed by atoms with van der Waals surface area (Å²) in [5.41, 5.74) is 3.60. The number of nitrogens with two attached hydrogens (primary N) is 1. The number of nitrogens with one attached hydrogen (secondary N) is 2. The molecule has 4 N–H and O–H groups in total. The summed E-state index contributed by atoms with van der Waals surface area (Å²) in [6.45, 7) is 0. The zero-order valence-corrected chi connectivity index (χ0v) is 11.3. The van der Waals surface area contributed by atoms with Crippen molar-refractivity contribution < 1.29 is 0 Å². The minimum absolute atomic E-state index is 0.513. The molecule has 1 heterocycles. The van der Waals surface area contributed by atoms with E-state index in [4.69, 9.17) is 5.84 Å². The standard InChI is InChI=1S/C15H19N5/c16-20-14-10-13(17-12-8-4-5-9-12)18-15(19-14)11-6-2-1-3-7-11/h1-3,6-7,10,12H,4-5,8-9,16H2,(H2,17,18,19,20). The van der Waals surface area contributed by atoms with Crippen LogP contribution in [0.15, 0.2) is 36.4 Å². The molecule has 0 atom stereocenters. The van der Waals surface area contributed by atoms with E-state index in [9.17, 15) is 0 Å². The first kappa shape index (κ1) is 12.9. The third kappa shape index (κ3) is 2.88. The topological polar surface area (TPSA) is 75.9 Å². The molecular weight excluding hydrogens is 250 g/mol. The summed E-state index contributed by atoms with van der Waals surface area (Å²) in [6, 6.07) is 12.3. The number of nitrogen functional groups attached to an aromatic ring is 1. The fraction of sp³-hybridized carbons (Fsp3) is 0.333. The molecule has 104 valence electrons. The molecule has 1 aliphatic carbocycles. The predicted molar refractivity (Wildman–Crippen MR) is 81.2 cm³/mol. The van der Waals surface area contributed by atoms with Gasteiger partial charge in [0.05, 0.1) is 0 Å². The molecular formula is C15H19N5.